The molecule has 0 aliphatic rings. The molecule has 0 bridgehead atoms. The van der Waals surface area contributed by atoms with Crippen molar-refractivity contribution < 1.29 is 31.1 Å². The van der Waals surface area contributed by atoms with Crippen LogP contribution < -0.4 is 16.4 Å². The average molecular weight is 669 g/mol. The Morgan fingerprint density at radius 3 is 2.28 bits per heavy atom. The Kier molecular flexibility index (Phi) is 10.4. The van der Waals surface area contributed by atoms with Crippen LogP contribution in [0, 0.1) is 0 Å². The van der Waals surface area contributed by atoms with Crippen LogP contribution in [0.1, 0.15) is 30.9 Å². The first-order valence-corrected chi connectivity index (χ1v) is 18.2. The molecule has 0 fully saturated rings. The largest absolute Gasteiger partial charge is 0.423 e. The standard InChI is InChI=1S/C30H34F6N6O3Si/c1-19(40-24-17-39-42(18-45-12-13-46(2,3)4)28(44)25(24)30(34,35)36)6-5-10-41-11-9-20-14-21(7-8-23(20)27(41)43)26-37-15-22(16-38-26)29(31,32)33/h7-9,11,14-17,19,40H,5-6,10,12-13,18H2,1-4H3. The first-order valence-electron chi connectivity index (χ1n) is 14.5. The van der Waals surface area contributed by atoms with Crippen molar-refractivity contribution in [2.24, 2.45) is 0 Å². The van der Waals surface area contributed by atoms with E-state index < -0.39 is 48.8 Å². The van der Waals surface area contributed by atoms with Crippen molar-refractivity contribution in [2.75, 3.05) is 11.9 Å². The Balaban J connectivity index is 1.40. The number of alkyl halides is 6. The van der Waals surface area contributed by atoms with Gasteiger partial charge in [-0.3, -0.25) is 9.59 Å². The van der Waals surface area contributed by atoms with Gasteiger partial charge in [0, 0.05) is 56.8 Å². The number of aromatic nitrogens is 5. The van der Waals surface area contributed by atoms with E-state index in [1.165, 1.54) is 4.57 Å². The second-order valence-corrected chi connectivity index (χ2v) is 17.8. The molecule has 3 aromatic heterocycles. The Labute approximate surface area is 261 Å². The van der Waals surface area contributed by atoms with E-state index >= 15 is 0 Å². The van der Waals surface area contributed by atoms with Crippen molar-refractivity contribution in [3.63, 3.8) is 0 Å². The van der Waals surface area contributed by atoms with Gasteiger partial charge in [0.15, 0.2) is 5.82 Å². The number of hydrogen-bond donors (Lipinski definition) is 1. The predicted octanol–water partition coefficient (Wildman–Crippen LogP) is 6.65. The van der Waals surface area contributed by atoms with E-state index in [2.05, 4.69) is 40.0 Å². The van der Waals surface area contributed by atoms with E-state index in [9.17, 15) is 35.9 Å². The van der Waals surface area contributed by atoms with Gasteiger partial charge < -0.3 is 14.6 Å². The predicted molar refractivity (Wildman–Crippen MR) is 164 cm³/mol. The van der Waals surface area contributed by atoms with Gasteiger partial charge in [0.25, 0.3) is 11.1 Å². The number of halogens is 6. The van der Waals surface area contributed by atoms with Crippen molar-refractivity contribution in [1.82, 2.24) is 24.3 Å². The second-order valence-electron chi connectivity index (χ2n) is 12.2. The van der Waals surface area contributed by atoms with Gasteiger partial charge in [-0.05, 0) is 49.4 Å². The number of rotatable bonds is 12. The minimum absolute atomic E-state index is 0.0765. The molecule has 1 aromatic carbocycles. The summed E-state index contributed by atoms with van der Waals surface area (Å²) in [4.78, 5) is 33.3. The highest BCUT2D eigenvalue weighted by molar-refractivity contribution is 6.76. The van der Waals surface area contributed by atoms with Gasteiger partial charge in [0.05, 0.1) is 17.4 Å². The maximum Gasteiger partial charge on any atom is 0.423 e. The highest BCUT2D eigenvalue weighted by atomic mass is 28.3. The molecule has 248 valence electrons. The second kappa shape index (κ2) is 13.7. The first kappa shape index (κ1) is 34.8. The van der Waals surface area contributed by atoms with Gasteiger partial charge in [0.2, 0.25) is 0 Å². The number of benzene rings is 1. The van der Waals surface area contributed by atoms with Crippen LogP contribution in [-0.2, 0) is 30.4 Å². The summed E-state index contributed by atoms with van der Waals surface area (Å²) in [5, 5.41) is 7.53. The molecular weight excluding hydrogens is 634 g/mol. The smallest absolute Gasteiger partial charge is 0.381 e. The highest BCUT2D eigenvalue weighted by Crippen LogP contribution is 2.32. The molecule has 1 unspecified atom stereocenters. The van der Waals surface area contributed by atoms with Gasteiger partial charge in [-0.25, -0.2) is 14.6 Å². The van der Waals surface area contributed by atoms with Crippen molar-refractivity contribution in [1.29, 1.82) is 0 Å². The van der Waals surface area contributed by atoms with E-state index in [0.29, 0.717) is 52.9 Å². The summed E-state index contributed by atoms with van der Waals surface area (Å²) in [6, 6.07) is 6.67. The number of anilines is 1. The fourth-order valence-electron chi connectivity index (χ4n) is 4.63. The lowest BCUT2D eigenvalue weighted by molar-refractivity contribution is -0.139. The molecule has 0 aliphatic heterocycles. The van der Waals surface area contributed by atoms with E-state index in [-0.39, 0.29) is 24.7 Å². The summed E-state index contributed by atoms with van der Waals surface area (Å²) in [5.74, 6) is 0.0765. The minimum atomic E-state index is -4.92. The molecule has 0 spiro atoms. The molecule has 9 nitrogen and oxygen atoms in total. The summed E-state index contributed by atoms with van der Waals surface area (Å²) in [6.45, 7) is 8.27. The van der Waals surface area contributed by atoms with Crippen LogP contribution in [0.3, 0.4) is 0 Å². The van der Waals surface area contributed by atoms with Gasteiger partial charge in [-0.2, -0.15) is 31.4 Å². The molecule has 1 N–H and O–H groups in total. The number of fused-ring (bicyclic) bond motifs is 1. The van der Waals surface area contributed by atoms with Crippen molar-refractivity contribution in [3.8, 4) is 11.4 Å². The monoisotopic (exact) mass is 668 g/mol. The van der Waals surface area contributed by atoms with Crippen LogP contribution in [0.25, 0.3) is 22.2 Å². The third-order valence-electron chi connectivity index (χ3n) is 7.19. The highest BCUT2D eigenvalue weighted by Gasteiger charge is 2.38. The zero-order valence-electron chi connectivity index (χ0n) is 25.7. The van der Waals surface area contributed by atoms with Crippen molar-refractivity contribution in [2.45, 2.75) is 77.1 Å². The van der Waals surface area contributed by atoms with E-state index in [4.69, 9.17) is 4.74 Å². The number of pyridine rings is 1. The molecule has 4 rings (SSSR count). The van der Waals surface area contributed by atoms with Crippen LogP contribution in [0.2, 0.25) is 25.7 Å². The first-order chi connectivity index (χ1) is 21.4. The third kappa shape index (κ3) is 8.81. The Hall–Kier alpha value is -4.05. The Morgan fingerprint density at radius 2 is 1.65 bits per heavy atom. The maximum atomic E-state index is 13.9. The summed E-state index contributed by atoms with van der Waals surface area (Å²) >= 11 is 0. The van der Waals surface area contributed by atoms with Crippen LogP contribution in [0.15, 0.2) is 58.6 Å². The van der Waals surface area contributed by atoms with E-state index in [1.807, 2.05) is 0 Å². The lowest BCUT2D eigenvalue weighted by Crippen LogP contribution is -2.34. The summed E-state index contributed by atoms with van der Waals surface area (Å²) < 4.78 is 87.7. The van der Waals surface area contributed by atoms with Crippen LogP contribution in [0.4, 0.5) is 32.0 Å². The molecule has 4 aromatic rings. The van der Waals surface area contributed by atoms with Gasteiger partial charge in [-0.1, -0.05) is 25.7 Å². The molecule has 3 heterocycles. The quantitative estimate of drug-likeness (QED) is 0.103. The summed E-state index contributed by atoms with van der Waals surface area (Å²) in [6.07, 6.45) is -4.75. The molecule has 0 saturated carbocycles. The summed E-state index contributed by atoms with van der Waals surface area (Å²) in [5.41, 5.74) is -3.92. The topological polar surface area (TPSA) is 104 Å². The lowest BCUT2D eigenvalue weighted by atomic mass is 10.1. The molecule has 16 heteroatoms. The van der Waals surface area contributed by atoms with E-state index in [1.54, 1.807) is 37.4 Å². The number of ether oxygens (including phenoxy) is 1. The zero-order valence-corrected chi connectivity index (χ0v) is 26.7. The van der Waals surface area contributed by atoms with Crippen molar-refractivity contribution in [3.05, 3.63) is 80.9 Å². The molecule has 46 heavy (non-hydrogen) atoms. The molecule has 1 atom stereocenters. The molecule has 0 radical (unpaired) electrons. The van der Waals surface area contributed by atoms with Crippen LogP contribution in [-0.4, -0.2) is 45.0 Å². The number of aryl methyl sites for hydroxylation is 1. The normalized spacial score (nSPS) is 13.3. The van der Waals surface area contributed by atoms with E-state index in [0.717, 1.165) is 12.2 Å². The zero-order chi connectivity index (χ0) is 33.9. The van der Waals surface area contributed by atoms with Gasteiger partial charge in [0.1, 0.15) is 12.3 Å². The SMILES string of the molecule is CC(CCCn1ccc2cc(-c3ncc(C(F)(F)F)cn3)ccc2c1=O)Nc1cnn(COCC[Si](C)(C)C)c(=O)c1C(F)(F)F. The molecule has 0 amide bonds. The van der Waals surface area contributed by atoms with Gasteiger partial charge in [-0.15, -0.1) is 0 Å². The molecule has 0 aliphatic carbocycles. The summed E-state index contributed by atoms with van der Waals surface area (Å²) in [7, 11) is -1.42. The number of nitrogens with zero attached hydrogens (tertiary/aromatic N) is 5. The van der Waals surface area contributed by atoms with Crippen molar-refractivity contribution >= 4 is 24.5 Å². The fourth-order valence-corrected chi connectivity index (χ4v) is 5.38. The van der Waals surface area contributed by atoms with Crippen LogP contribution in [0.5, 0.6) is 0 Å². The lowest BCUT2D eigenvalue weighted by Gasteiger charge is -2.20. The Morgan fingerprint density at radius 1 is 0.957 bits per heavy atom. The molecular formula is C30H34F6N6O3Si. The number of nitrogens with one attached hydrogen (secondary N) is 1. The number of hydrogen-bond acceptors (Lipinski definition) is 7. The molecule has 0 saturated heterocycles. The minimum Gasteiger partial charge on any atom is -0.381 e. The van der Waals surface area contributed by atoms with Crippen LogP contribution >= 0.6 is 0 Å². The Bertz CT molecular complexity index is 1780. The fraction of sp³-hybridized carbons (Fsp3) is 0.433. The average Bonchev–Trinajstić information content (AvgIpc) is 2.95. The van der Waals surface area contributed by atoms with Gasteiger partial charge >= 0.3 is 12.4 Å². The third-order valence-corrected chi connectivity index (χ3v) is 8.89. The maximum absolute atomic E-state index is 13.9.